The van der Waals surface area contributed by atoms with Gasteiger partial charge in [0.15, 0.2) is 0 Å². The lowest BCUT2D eigenvalue weighted by Crippen LogP contribution is -2.27. The van der Waals surface area contributed by atoms with Crippen LogP contribution < -0.4 is 5.32 Å². The van der Waals surface area contributed by atoms with Gasteiger partial charge in [0, 0.05) is 22.5 Å². The van der Waals surface area contributed by atoms with Crippen LogP contribution in [0.15, 0.2) is 24.3 Å². The van der Waals surface area contributed by atoms with E-state index in [2.05, 4.69) is 21.2 Å². The van der Waals surface area contributed by atoms with Crippen molar-refractivity contribution >= 4 is 33.4 Å². The van der Waals surface area contributed by atoms with Crippen molar-refractivity contribution in [3.05, 3.63) is 34.9 Å². The number of carbonyl (C=O) groups is 1. The third-order valence-electron chi connectivity index (χ3n) is 1.84. The smallest absolute Gasteiger partial charge is 0.251 e. The van der Waals surface area contributed by atoms with Gasteiger partial charge in [-0.1, -0.05) is 33.6 Å². The Hall–Kier alpha value is -0.580. The van der Waals surface area contributed by atoms with Gasteiger partial charge in [-0.25, -0.2) is 0 Å². The Balaban J connectivity index is 2.30. The Morgan fingerprint density at radius 3 is 2.94 bits per heavy atom. The molecule has 1 aromatic carbocycles. The van der Waals surface area contributed by atoms with Gasteiger partial charge in [-0.15, -0.1) is 0 Å². The fourth-order valence-corrected chi connectivity index (χ4v) is 1.54. The van der Waals surface area contributed by atoms with Gasteiger partial charge >= 0.3 is 0 Å². The Morgan fingerprint density at radius 2 is 2.25 bits per heavy atom. The fourth-order valence-electron chi connectivity index (χ4n) is 1.13. The number of amides is 1. The molecule has 1 aromatic rings. The van der Waals surface area contributed by atoms with Crippen LogP contribution in [0.1, 0.15) is 10.4 Å². The highest BCUT2D eigenvalue weighted by atomic mass is 79.9. The van der Waals surface area contributed by atoms with Gasteiger partial charge in [0.05, 0.1) is 13.2 Å². The molecule has 0 saturated heterocycles. The molecule has 0 aliphatic carbocycles. The maximum atomic E-state index is 11.6. The van der Waals surface area contributed by atoms with Crippen LogP contribution in [0.5, 0.6) is 0 Å². The first-order valence-corrected chi connectivity index (χ1v) is 6.41. The van der Waals surface area contributed by atoms with Crippen molar-refractivity contribution in [2.45, 2.75) is 0 Å². The Morgan fingerprint density at radius 1 is 1.44 bits per heavy atom. The minimum atomic E-state index is -0.134. The topological polar surface area (TPSA) is 38.3 Å². The maximum absolute atomic E-state index is 11.6. The number of carbonyl (C=O) groups excluding carboxylic acids is 1. The molecule has 0 bridgehead atoms. The minimum Gasteiger partial charge on any atom is -0.379 e. The van der Waals surface area contributed by atoms with E-state index in [1.165, 1.54) is 0 Å². The zero-order valence-electron chi connectivity index (χ0n) is 8.71. The highest BCUT2D eigenvalue weighted by molar-refractivity contribution is 9.09. The van der Waals surface area contributed by atoms with Gasteiger partial charge in [0.25, 0.3) is 5.91 Å². The van der Waals surface area contributed by atoms with Crippen LogP contribution in [0, 0.1) is 0 Å². The average molecular weight is 307 g/mol. The highest BCUT2D eigenvalue weighted by Crippen LogP contribution is 2.10. The second-order valence-electron chi connectivity index (χ2n) is 3.07. The van der Waals surface area contributed by atoms with Crippen molar-refractivity contribution in [3.8, 4) is 0 Å². The van der Waals surface area contributed by atoms with Gasteiger partial charge in [-0.05, 0) is 18.2 Å². The van der Waals surface area contributed by atoms with Crippen molar-refractivity contribution in [1.29, 1.82) is 0 Å². The second kappa shape index (κ2) is 7.65. The first-order chi connectivity index (χ1) is 7.74. The normalized spacial score (nSPS) is 10.1. The van der Waals surface area contributed by atoms with Crippen LogP contribution in [-0.2, 0) is 4.74 Å². The molecule has 16 heavy (non-hydrogen) atoms. The molecular weight excluding hydrogens is 293 g/mol. The van der Waals surface area contributed by atoms with Gasteiger partial charge in [0.1, 0.15) is 0 Å². The average Bonchev–Trinajstić information content (AvgIpc) is 2.28. The van der Waals surface area contributed by atoms with E-state index in [-0.39, 0.29) is 5.91 Å². The molecule has 88 valence electrons. The van der Waals surface area contributed by atoms with E-state index in [1.807, 2.05) is 0 Å². The number of hydrogen-bond donors (Lipinski definition) is 1. The lowest BCUT2D eigenvalue weighted by Gasteiger charge is -2.05. The number of benzene rings is 1. The standard InChI is InChI=1S/C11H13BrClNO2/c12-4-6-16-7-5-14-11(15)9-2-1-3-10(13)8-9/h1-3,8H,4-7H2,(H,14,15). The summed E-state index contributed by atoms with van der Waals surface area (Å²) in [6, 6.07) is 6.84. The highest BCUT2D eigenvalue weighted by Gasteiger charge is 2.04. The van der Waals surface area contributed by atoms with E-state index < -0.39 is 0 Å². The quantitative estimate of drug-likeness (QED) is 0.648. The van der Waals surface area contributed by atoms with Crippen LogP contribution in [-0.4, -0.2) is 31.0 Å². The van der Waals surface area contributed by atoms with Crippen LogP contribution in [0.4, 0.5) is 0 Å². The van der Waals surface area contributed by atoms with E-state index in [9.17, 15) is 4.79 Å². The fraction of sp³-hybridized carbons (Fsp3) is 0.364. The summed E-state index contributed by atoms with van der Waals surface area (Å²) in [7, 11) is 0. The van der Waals surface area contributed by atoms with Crippen molar-refractivity contribution in [3.63, 3.8) is 0 Å². The molecular formula is C11H13BrClNO2. The summed E-state index contributed by atoms with van der Waals surface area (Å²) in [5, 5.41) is 4.11. The number of halogens is 2. The number of hydrogen-bond acceptors (Lipinski definition) is 2. The lowest BCUT2D eigenvalue weighted by atomic mass is 10.2. The molecule has 1 amide bonds. The first kappa shape index (κ1) is 13.5. The molecule has 0 aliphatic rings. The van der Waals surface area contributed by atoms with Crippen molar-refractivity contribution in [2.75, 3.05) is 25.1 Å². The summed E-state index contributed by atoms with van der Waals surface area (Å²) in [4.78, 5) is 11.6. The number of ether oxygens (including phenoxy) is 1. The lowest BCUT2D eigenvalue weighted by molar-refractivity contribution is 0.0924. The zero-order chi connectivity index (χ0) is 11.8. The van der Waals surface area contributed by atoms with E-state index in [4.69, 9.17) is 16.3 Å². The zero-order valence-corrected chi connectivity index (χ0v) is 11.1. The van der Waals surface area contributed by atoms with Gasteiger partial charge < -0.3 is 10.1 Å². The van der Waals surface area contributed by atoms with E-state index >= 15 is 0 Å². The van der Waals surface area contributed by atoms with E-state index in [0.717, 1.165) is 5.33 Å². The largest absolute Gasteiger partial charge is 0.379 e. The molecule has 0 fully saturated rings. The molecule has 3 nitrogen and oxygen atoms in total. The van der Waals surface area contributed by atoms with E-state index in [1.54, 1.807) is 24.3 Å². The minimum absolute atomic E-state index is 0.134. The molecule has 0 heterocycles. The SMILES string of the molecule is O=C(NCCOCCBr)c1cccc(Cl)c1. The summed E-state index contributed by atoms with van der Waals surface area (Å²) in [5.41, 5.74) is 0.563. The van der Waals surface area contributed by atoms with Crippen LogP contribution >= 0.6 is 27.5 Å². The summed E-state index contributed by atoms with van der Waals surface area (Å²) in [6.45, 7) is 1.66. The number of rotatable bonds is 6. The first-order valence-electron chi connectivity index (χ1n) is 4.91. The molecule has 0 atom stereocenters. The Bertz CT molecular complexity index is 347. The third-order valence-corrected chi connectivity index (χ3v) is 2.40. The van der Waals surface area contributed by atoms with Gasteiger partial charge in [0.2, 0.25) is 0 Å². The Labute approximate surface area is 108 Å². The maximum Gasteiger partial charge on any atom is 0.251 e. The molecule has 5 heteroatoms. The van der Waals surface area contributed by atoms with Crippen LogP contribution in [0.25, 0.3) is 0 Å². The molecule has 0 spiro atoms. The monoisotopic (exact) mass is 305 g/mol. The molecule has 0 radical (unpaired) electrons. The van der Waals surface area contributed by atoms with E-state index in [0.29, 0.717) is 30.3 Å². The third kappa shape index (κ3) is 4.96. The van der Waals surface area contributed by atoms with Crippen molar-refractivity contribution < 1.29 is 9.53 Å². The summed E-state index contributed by atoms with van der Waals surface area (Å²) < 4.78 is 5.21. The second-order valence-corrected chi connectivity index (χ2v) is 4.30. The predicted molar refractivity (Wildman–Crippen MR) is 68.4 cm³/mol. The van der Waals surface area contributed by atoms with Gasteiger partial charge in [-0.3, -0.25) is 4.79 Å². The number of nitrogens with one attached hydrogen (secondary N) is 1. The summed E-state index contributed by atoms with van der Waals surface area (Å²) in [5.74, 6) is -0.134. The summed E-state index contributed by atoms with van der Waals surface area (Å²) >= 11 is 9.03. The molecule has 0 aliphatic heterocycles. The van der Waals surface area contributed by atoms with Crippen LogP contribution in [0.3, 0.4) is 0 Å². The van der Waals surface area contributed by atoms with Crippen molar-refractivity contribution in [1.82, 2.24) is 5.32 Å². The Kier molecular flexibility index (Phi) is 6.45. The molecule has 0 aromatic heterocycles. The molecule has 1 N–H and O–H groups in total. The van der Waals surface area contributed by atoms with Crippen LogP contribution in [0.2, 0.25) is 5.02 Å². The summed E-state index contributed by atoms with van der Waals surface area (Å²) in [6.07, 6.45) is 0. The van der Waals surface area contributed by atoms with Gasteiger partial charge in [-0.2, -0.15) is 0 Å². The predicted octanol–water partition coefficient (Wildman–Crippen LogP) is 2.48. The molecule has 1 rings (SSSR count). The van der Waals surface area contributed by atoms with Crippen molar-refractivity contribution in [2.24, 2.45) is 0 Å². The molecule has 0 saturated carbocycles. The number of alkyl halides is 1. The molecule has 0 unspecified atom stereocenters.